The molecule has 3 atom stereocenters. The third kappa shape index (κ3) is 5.83. The molecule has 3 unspecified atom stereocenters. The van der Waals surface area contributed by atoms with Crippen molar-refractivity contribution in [3.63, 3.8) is 0 Å². The van der Waals surface area contributed by atoms with E-state index < -0.39 is 0 Å². The quantitative estimate of drug-likeness (QED) is 0.703. The van der Waals surface area contributed by atoms with Gasteiger partial charge in [0.1, 0.15) is 0 Å². The minimum atomic E-state index is 0.482. The van der Waals surface area contributed by atoms with Crippen LogP contribution in [0, 0.1) is 23.2 Å². The van der Waals surface area contributed by atoms with Crippen LogP contribution in [0.4, 0.5) is 0 Å². The number of hydrogen-bond donors (Lipinski definition) is 1. The van der Waals surface area contributed by atoms with E-state index in [0.29, 0.717) is 5.41 Å². The third-order valence-corrected chi connectivity index (χ3v) is 5.00. The van der Waals surface area contributed by atoms with E-state index in [-0.39, 0.29) is 0 Å². The first-order chi connectivity index (χ1) is 8.99. The zero-order chi connectivity index (χ0) is 14.3. The van der Waals surface area contributed by atoms with Gasteiger partial charge < -0.3 is 10.1 Å². The van der Waals surface area contributed by atoms with E-state index in [1.807, 2.05) is 0 Å². The average Bonchev–Trinajstić information content (AvgIpc) is 2.35. The van der Waals surface area contributed by atoms with Crippen molar-refractivity contribution in [2.75, 3.05) is 27.3 Å². The van der Waals surface area contributed by atoms with Gasteiger partial charge in [-0.15, -0.1) is 0 Å². The molecule has 0 radical (unpaired) electrons. The summed E-state index contributed by atoms with van der Waals surface area (Å²) in [4.78, 5) is 0. The fraction of sp³-hybridized carbons (Fsp3) is 1.00. The third-order valence-electron chi connectivity index (χ3n) is 5.00. The predicted octanol–water partition coefficient (Wildman–Crippen LogP) is 4.10. The zero-order valence-electron chi connectivity index (χ0n) is 13.8. The minimum Gasteiger partial charge on any atom is -0.385 e. The van der Waals surface area contributed by atoms with Crippen LogP contribution < -0.4 is 5.32 Å². The van der Waals surface area contributed by atoms with Crippen molar-refractivity contribution in [3.05, 3.63) is 0 Å². The molecular formula is C17H35NO. The van der Waals surface area contributed by atoms with Crippen molar-refractivity contribution in [1.82, 2.24) is 5.32 Å². The molecule has 19 heavy (non-hydrogen) atoms. The lowest BCUT2D eigenvalue weighted by atomic mass is 9.64. The van der Waals surface area contributed by atoms with Crippen molar-refractivity contribution in [2.45, 2.75) is 59.3 Å². The summed E-state index contributed by atoms with van der Waals surface area (Å²) in [6.45, 7) is 9.37. The van der Waals surface area contributed by atoms with E-state index >= 15 is 0 Å². The summed E-state index contributed by atoms with van der Waals surface area (Å²) in [6, 6.07) is 0. The van der Waals surface area contributed by atoms with Crippen LogP contribution in [0.25, 0.3) is 0 Å². The monoisotopic (exact) mass is 269 g/mol. The highest BCUT2D eigenvalue weighted by molar-refractivity contribution is 4.86. The van der Waals surface area contributed by atoms with Crippen LogP contribution in [0.3, 0.4) is 0 Å². The van der Waals surface area contributed by atoms with Gasteiger partial charge in [0.2, 0.25) is 0 Å². The summed E-state index contributed by atoms with van der Waals surface area (Å²) in [5.74, 6) is 2.72. The van der Waals surface area contributed by atoms with Gasteiger partial charge in [0.25, 0.3) is 0 Å². The molecule has 1 rings (SSSR count). The molecule has 0 bridgehead atoms. The van der Waals surface area contributed by atoms with Gasteiger partial charge in [-0.1, -0.05) is 33.6 Å². The topological polar surface area (TPSA) is 21.3 Å². The Morgan fingerprint density at radius 2 is 1.84 bits per heavy atom. The highest BCUT2D eigenvalue weighted by atomic mass is 16.5. The molecule has 0 aromatic heterocycles. The maximum absolute atomic E-state index is 5.17. The predicted molar refractivity (Wildman–Crippen MR) is 83.4 cm³/mol. The SMILES string of the molecule is CNCC1CCC(C(C)(C)C)CC1CCCCOC. The average molecular weight is 269 g/mol. The first kappa shape index (κ1) is 17.0. The molecule has 0 spiro atoms. The largest absolute Gasteiger partial charge is 0.385 e. The van der Waals surface area contributed by atoms with Gasteiger partial charge >= 0.3 is 0 Å². The number of hydrogen-bond acceptors (Lipinski definition) is 2. The normalized spacial score (nSPS) is 28.6. The van der Waals surface area contributed by atoms with Gasteiger partial charge in [-0.25, -0.2) is 0 Å². The van der Waals surface area contributed by atoms with Crippen LogP contribution in [-0.4, -0.2) is 27.3 Å². The van der Waals surface area contributed by atoms with E-state index in [4.69, 9.17) is 4.74 Å². The highest BCUT2D eigenvalue weighted by Gasteiger charge is 2.35. The number of rotatable bonds is 7. The Hall–Kier alpha value is -0.0800. The molecule has 1 N–H and O–H groups in total. The van der Waals surface area contributed by atoms with Crippen molar-refractivity contribution in [1.29, 1.82) is 0 Å². The van der Waals surface area contributed by atoms with E-state index in [9.17, 15) is 0 Å². The summed E-state index contributed by atoms with van der Waals surface area (Å²) in [5, 5.41) is 3.40. The second-order valence-electron chi connectivity index (χ2n) is 7.44. The van der Waals surface area contributed by atoms with Crippen LogP contribution >= 0.6 is 0 Å². The summed E-state index contributed by atoms with van der Waals surface area (Å²) >= 11 is 0. The second kappa shape index (κ2) is 8.26. The molecule has 0 saturated heterocycles. The Morgan fingerprint density at radius 1 is 1.11 bits per heavy atom. The molecule has 1 aliphatic rings. The number of nitrogens with one attached hydrogen (secondary N) is 1. The van der Waals surface area contributed by atoms with Crippen LogP contribution in [0.15, 0.2) is 0 Å². The van der Waals surface area contributed by atoms with Gasteiger partial charge in [-0.05, 0) is 62.4 Å². The molecular weight excluding hydrogens is 234 g/mol. The van der Waals surface area contributed by atoms with Crippen molar-refractivity contribution in [2.24, 2.45) is 23.2 Å². The van der Waals surface area contributed by atoms with Crippen LogP contribution in [0.5, 0.6) is 0 Å². The van der Waals surface area contributed by atoms with Crippen molar-refractivity contribution in [3.8, 4) is 0 Å². The lowest BCUT2D eigenvalue weighted by molar-refractivity contribution is 0.0900. The van der Waals surface area contributed by atoms with Gasteiger partial charge in [0.15, 0.2) is 0 Å². The molecule has 2 heteroatoms. The summed E-state index contributed by atoms with van der Waals surface area (Å²) in [7, 11) is 3.90. The first-order valence-electron chi connectivity index (χ1n) is 8.12. The Labute approximate surface area is 120 Å². The summed E-state index contributed by atoms with van der Waals surface area (Å²) in [5.41, 5.74) is 0.482. The Bertz CT molecular complexity index is 234. The number of ether oxygens (including phenoxy) is 1. The minimum absolute atomic E-state index is 0.482. The van der Waals surface area contributed by atoms with Crippen LogP contribution in [-0.2, 0) is 4.74 Å². The summed E-state index contributed by atoms with van der Waals surface area (Å²) < 4.78 is 5.17. The zero-order valence-corrected chi connectivity index (χ0v) is 13.8. The highest BCUT2D eigenvalue weighted by Crippen LogP contribution is 2.44. The summed E-state index contributed by atoms with van der Waals surface area (Å²) in [6.07, 6.45) is 8.21. The fourth-order valence-corrected chi connectivity index (χ4v) is 3.65. The molecule has 1 aliphatic carbocycles. The van der Waals surface area contributed by atoms with Gasteiger partial charge in [-0.3, -0.25) is 0 Å². The lowest BCUT2D eigenvalue weighted by Crippen LogP contribution is -2.36. The van der Waals surface area contributed by atoms with Crippen LogP contribution in [0.1, 0.15) is 59.3 Å². The van der Waals surface area contributed by atoms with Crippen molar-refractivity contribution >= 4 is 0 Å². The van der Waals surface area contributed by atoms with Crippen LogP contribution in [0.2, 0.25) is 0 Å². The molecule has 1 fully saturated rings. The van der Waals surface area contributed by atoms with E-state index in [0.717, 1.165) is 24.4 Å². The molecule has 0 amide bonds. The van der Waals surface area contributed by atoms with E-state index in [2.05, 4.69) is 33.1 Å². The maximum atomic E-state index is 5.17. The standard InChI is InChI=1S/C17H35NO/c1-17(2,3)16-10-9-15(13-18-4)14(12-16)8-6-7-11-19-5/h14-16,18H,6-13H2,1-5H3. The molecule has 2 nitrogen and oxygen atoms in total. The van der Waals surface area contributed by atoms with Gasteiger partial charge in [0, 0.05) is 13.7 Å². The molecule has 1 saturated carbocycles. The van der Waals surface area contributed by atoms with E-state index in [1.54, 1.807) is 7.11 Å². The fourth-order valence-electron chi connectivity index (χ4n) is 3.65. The number of unbranched alkanes of at least 4 members (excludes halogenated alkanes) is 1. The Balaban J connectivity index is 2.48. The first-order valence-corrected chi connectivity index (χ1v) is 8.12. The van der Waals surface area contributed by atoms with Gasteiger partial charge in [0.05, 0.1) is 0 Å². The molecule has 0 aromatic carbocycles. The smallest absolute Gasteiger partial charge is 0.0462 e. The van der Waals surface area contributed by atoms with E-state index in [1.165, 1.54) is 45.1 Å². The number of methoxy groups -OCH3 is 1. The van der Waals surface area contributed by atoms with Crippen molar-refractivity contribution < 1.29 is 4.74 Å². The molecule has 0 aliphatic heterocycles. The van der Waals surface area contributed by atoms with Gasteiger partial charge in [-0.2, -0.15) is 0 Å². The second-order valence-corrected chi connectivity index (χ2v) is 7.44. The Morgan fingerprint density at radius 3 is 2.42 bits per heavy atom. The molecule has 0 heterocycles. The Kier molecular flexibility index (Phi) is 7.38. The molecule has 0 aromatic rings. The molecule has 114 valence electrons. The lowest BCUT2D eigenvalue weighted by Gasteiger charge is -2.42. The maximum Gasteiger partial charge on any atom is 0.0462 e.